The molecule has 130 valence electrons. The van der Waals surface area contributed by atoms with Crippen molar-refractivity contribution in [3.05, 3.63) is 34.1 Å². The van der Waals surface area contributed by atoms with Gasteiger partial charge in [0.05, 0.1) is 16.6 Å². The first-order valence-corrected chi connectivity index (χ1v) is 7.43. The monoisotopic (exact) mass is 346 g/mol. The molecule has 0 spiro atoms. The van der Waals surface area contributed by atoms with E-state index in [1.165, 1.54) is 17.2 Å². The summed E-state index contributed by atoms with van der Waals surface area (Å²) in [6, 6.07) is 2.60. The van der Waals surface area contributed by atoms with Crippen LogP contribution in [-0.4, -0.2) is 45.8 Å². The van der Waals surface area contributed by atoms with Gasteiger partial charge in [-0.15, -0.1) is 0 Å². The van der Waals surface area contributed by atoms with Crippen molar-refractivity contribution < 1.29 is 29.3 Å². The highest BCUT2D eigenvalue weighted by Gasteiger charge is 2.27. The van der Waals surface area contributed by atoms with Crippen LogP contribution >= 0.6 is 0 Å². The predicted molar refractivity (Wildman–Crippen MR) is 85.8 cm³/mol. The van der Waals surface area contributed by atoms with Crippen LogP contribution in [0.4, 0.5) is 5.69 Å². The van der Waals surface area contributed by atoms with Gasteiger partial charge < -0.3 is 24.4 Å². The van der Waals surface area contributed by atoms with Gasteiger partial charge in [0.1, 0.15) is 24.4 Å². The molecular formula is C16H14N2O7. The molecule has 1 aromatic carbocycles. The molecule has 1 aliphatic rings. The van der Waals surface area contributed by atoms with Gasteiger partial charge >= 0.3 is 17.9 Å². The number of esters is 2. The van der Waals surface area contributed by atoms with Gasteiger partial charge in [0.15, 0.2) is 0 Å². The van der Waals surface area contributed by atoms with E-state index in [1.54, 1.807) is 11.5 Å². The number of aromatic carboxylic acids is 1. The molecule has 0 amide bonds. The summed E-state index contributed by atoms with van der Waals surface area (Å²) in [5.74, 6) is -3.19. The molecule has 9 heteroatoms. The summed E-state index contributed by atoms with van der Waals surface area (Å²) in [6.45, 7) is 1.69. The molecule has 2 N–H and O–H groups in total. The molecule has 1 aromatic heterocycles. The molecule has 1 saturated heterocycles. The zero-order chi connectivity index (χ0) is 18.3. The van der Waals surface area contributed by atoms with E-state index in [-0.39, 0.29) is 29.9 Å². The highest BCUT2D eigenvalue weighted by molar-refractivity contribution is 5.97. The zero-order valence-corrected chi connectivity index (χ0v) is 13.2. The number of benzene rings is 1. The first-order chi connectivity index (χ1) is 11.8. The largest absolute Gasteiger partial charge is 0.506 e. The molecule has 0 unspecified atom stereocenters. The van der Waals surface area contributed by atoms with Crippen LogP contribution in [0.25, 0.3) is 10.9 Å². The highest BCUT2D eigenvalue weighted by Crippen LogP contribution is 2.32. The van der Waals surface area contributed by atoms with E-state index >= 15 is 0 Å². The Kier molecular flexibility index (Phi) is 3.91. The van der Waals surface area contributed by atoms with E-state index in [0.717, 1.165) is 6.07 Å². The summed E-state index contributed by atoms with van der Waals surface area (Å²) in [4.78, 5) is 47.8. The number of hydrogen-bond donors (Lipinski definition) is 2. The first-order valence-electron chi connectivity index (χ1n) is 7.43. The summed E-state index contributed by atoms with van der Waals surface area (Å²) in [5, 5.41) is 19.4. The van der Waals surface area contributed by atoms with Crippen LogP contribution in [0.3, 0.4) is 0 Å². The molecule has 25 heavy (non-hydrogen) atoms. The molecule has 3 rings (SSSR count). The average Bonchev–Trinajstić information content (AvgIpc) is 2.54. The van der Waals surface area contributed by atoms with Gasteiger partial charge in [-0.05, 0) is 19.1 Å². The smallest absolute Gasteiger partial charge is 0.341 e. The van der Waals surface area contributed by atoms with Crippen molar-refractivity contribution in [3.8, 4) is 5.75 Å². The van der Waals surface area contributed by atoms with Crippen molar-refractivity contribution in [1.29, 1.82) is 0 Å². The Balaban J connectivity index is 2.24. The number of aromatic hydroxyl groups is 1. The number of ether oxygens (including phenoxy) is 1. The number of aromatic nitrogens is 1. The minimum Gasteiger partial charge on any atom is -0.506 e. The third kappa shape index (κ3) is 2.80. The third-order valence-corrected chi connectivity index (χ3v) is 3.96. The lowest BCUT2D eigenvalue weighted by atomic mass is 10.1. The lowest BCUT2D eigenvalue weighted by Crippen LogP contribution is -2.43. The second-order valence-electron chi connectivity index (χ2n) is 5.52. The second-order valence-corrected chi connectivity index (χ2v) is 5.52. The summed E-state index contributed by atoms with van der Waals surface area (Å²) in [7, 11) is 0. The maximum Gasteiger partial charge on any atom is 0.341 e. The summed E-state index contributed by atoms with van der Waals surface area (Å²) in [6.07, 6.45) is 1.23. The van der Waals surface area contributed by atoms with Crippen molar-refractivity contribution >= 4 is 34.5 Å². The van der Waals surface area contributed by atoms with Gasteiger partial charge in [-0.25, -0.2) is 14.4 Å². The standard InChI is InChI=1S/C16H14N2O7/c1-2-17-5-9(16(23)24)15(22)8-3-12(19)11(4-10(8)17)18-6-13(20)25-14(21)7-18/h3-5,19H,2,6-7H2,1H3,(H,23,24). The Bertz CT molecular complexity index is 961. The predicted octanol–water partition coefficient (Wildman–Crippen LogP) is 0.315. The van der Waals surface area contributed by atoms with Crippen LogP contribution in [0.1, 0.15) is 17.3 Å². The van der Waals surface area contributed by atoms with Gasteiger partial charge in [-0.2, -0.15) is 0 Å². The number of anilines is 1. The van der Waals surface area contributed by atoms with Gasteiger partial charge in [0.2, 0.25) is 5.43 Å². The maximum atomic E-state index is 12.3. The van der Waals surface area contributed by atoms with Crippen LogP contribution in [0.15, 0.2) is 23.1 Å². The van der Waals surface area contributed by atoms with Gasteiger partial charge in [0, 0.05) is 12.7 Å². The fourth-order valence-corrected chi connectivity index (χ4v) is 2.81. The number of rotatable bonds is 3. The molecule has 1 fully saturated rings. The number of pyridine rings is 1. The van der Waals surface area contributed by atoms with Crippen LogP contribution in [0.2, 0.25) is 0 Å². The number of carbonyl (C=O) groups is 3. The van der Waals surface area contributed by atoms with E-state index in [1.807, 2.05) is 0 Å². The Morgan fingerprint density at radius 2 is 1.84 bits per heavy atom. The summed E-state index contributed by atoms with van der Waals surface area (Å²) >= 11 is 0. The minimum atomic E-state index is -1.36. The number of morpholine rings is 1. The SMILES string of the molecule is CCn1cc(C(=O)O)c(=O)c2cc(O)c(N3CC(=O)OC(=O)C3)cc21. The number of nitrogens with zero attached hydrogens (tertiary/aromatic N) is 2. The number of carboxylic acid groups (broad SMARTS) is 1. The van der Waals surface area contributed by atoms with Crippen molar-refractivity contribution in [2.45, 2.75) is 13.5 Å². The lowest BCUT2D eigenvalue weighted by Gasteiger charge is -2.27. The number of hydrogen-bond acceptors (Lipinski definition) is 7. The first kappa shape index (κ1) is 16.5. The molecule has 0 atom stereocenters. The normalized spacial score (nSPS) is 14.7. The van der Waals surface area contributed by atoms with Crippen LogP contribution < -0.4 is 10.3 Å². The lowest BCUT2D eigenvalue weighted by molar-refractivity contribution is -0.160. The second kappa shape index (κ2) is 5.93. The van der Waals surface area contributed by atoms with E-state index in [0.29, 0.717) is 12.1 Å². The van der Waals surface area contributed by atoms with E-state index < -0.39 is 28.9 Å². The van der Waals surface area contributed by atoms with Crippen molar-refractivity contribution in [2.24, 2.45) is 0 Å². The molecule has 0 saturated carbocycles. The number of cyclic esters (lactones) is 2. The third-order valence-electron chi connectivity index (χ3n) is 3.96. The molecule has 0 aliphatic carbocycles. The Morgan fingerprint density at radius 1 is 1.20 bits per heavy atom. The summed E-state index contributed by atoms with van der Waals surface area (Å²) in [5.41, 5.74) is -0.555. The fraction of sp³-hybridized carbons (Fsp3) is 0.250. The van der Waals surface area contributed by atoms with Crippen molar-refractivity contribution in [3.63, 3.8) is 0 Å². The molecule has 0 bridgehead atoms. The zero-order valence-electron chi connectivity index (χ0n) is 13.2. The minimum absolute atomic E-state index is 0.0360. The van der Waals surface area contributed by atoms with E-state index in [9.17, 15) is 24.3 Å². The van der Waals surface area contributed by atoms with Gasteiger partial charge in [0.25, 0.3) is 0 Å². The number of carboxylic acids is 1. The fourth-order valence-electron chi connectivity index (χ4n) is 2.81. The number of phenols is 1. The van der Waals surface area contributed by atoms with Crippen LogP contribution in [-0.2, 0) is 20.9 Å². The molecule has 0 radical (unpaired) electrons. The topological polar surface area (TPSA) is 126 Å². The van der Waals surface area contributed by atoms with E-state index in [4.69, 9.17) is 5.11 Å². The van der Waals surface area contributed by atoms with Crippen LogP contribution in [0, 0.1) is 0 Å². The number of carbonyl (C=O) groups excluding carboxylic acids is 2. The number of fused-ring (bicyclic) bond motifs is 1. The molecule has 9 nitrogen and oxygen atoms in total. The maximum absolute atomic E-state index is 12.3. The molecular weight excluding hydrogens is 332 g/mol. The number of aryl methyl sites for hydroxylation is 1. The Labute approximate surface area is 140 Å². The summed E-state index contributed by atoms with van der Waals surface area (Å²) < 4.78 is 6.00. The molecule has 2 aromatic rings. The highest BCUT2D eigenvalue weighted by atomic mass is 16.6. The van der Waals surface area contributed by atoms with Crippen molar-refractivity contribution in [1.82, 2.24) is 4.57 Å². The average molecular weight is 346 g/mol. The molecule has 2 heterocycles. The van der Waals surface area contributed by atoms with Gasteiger partial charge in [-0.1, -0.05) is 0 Å². The van der Waals surface area contributed by atoms with Crippen molar-refractivity contribution in [2.75, 3.05) is 18.0 Å². The molecule has 1 aliphatic heterocycles. The Morgan fingerprint density at radius 3 is 2.40 bits per heavy atom. The number of phenolic OH excluding ortho intramolecular Hbond substituents is 1. The van der Waals surface area contributed by atoms with Gasteiger partial charge in [-0.3, -0.25) is 4.79 Å². The van der Waals surface area contributed by atoms with Crippen LogP contribution in [0.5, 0.6) is 5.75 Å². The quantitative estimate of drug-likeness (QED) is 0.601. The van der Waals surface area contributed by atoms with E-state index in [2.05, 4.69) is 4.74 Å². The Hall–Kier alpha value is -3.36.